The summed E-state index contributed by atoms with van der Waals surface area (Å²) in [4.78, 5) is 24.0. The fourth-order valence-electron chi connectivity index (χ4n) is 2.72. The third-order valence-corrected chi connectivity index (χ3v) is 4.51. The first-order chi connectivity index (χ1) is 15.5. The molecule has 0 bridgehead atoms. The number of aryl methyl sites for hydroxylation is 1. The molecule has 0 heterocycles. The molecule has 0 spiro atoms. The topological polar surface area (TPSA) is 97.7 Å². The molecule has 32 heavy (non-hydrogen) atoms. The van der Waals surface area contributed by atoms with Gasteiger partial charge < -0.3 is 19.5 Å². The predicted octanol–water partition coefficient (Wildman–Crippen LogP) is 3.68. The Hall–Kier alpha value is -3.63. The average molecular weight is 437 g/mol. The molecule has 7 nitrogen and oxygen atoms in total. The number of esters is 1. The quantitative estimate of drug-likeness (QED) is 0.179. The molecule has 2 aromatic rings. The molecule has 0 aliphatic rings. The predicted molar refractivity (Wildman–Crippen MR) is 121 cm³/mol. The van der Waals surface area contributed by atoms with Gasteiger partial charge in [0.25, 0.3) is 5.91 Å². The smallest absolute Gasteiger partial charge is 0.311 e. The van der Waals surface area contributed by atoms with Crippen molar-refractivity contribution in [2.45, 2.75) is 26.2 Å². The molecule has 2 rings (SSSR count). The molecule has 168 valence electrons. The van der Waals surface area contributed by atoms with Gasteiger partial charge in [-0.3, -0.25) is 9.59 Å². The van der Waals surface area contributed by atoms with Gasteiger partial charge in [0.2, 0.25) is 0 Å². The number of nitrogens with one attached hydrogen (secondary N) is 1. The number of rotatable bonds is 12. The van der Waals surface area contributed by atoms with Crippen molar-refractivity contribution in [1.82, 2.24) is 5.32 Å². The first kappa shape index (κ1) is 24.6. The number of methoxy groups -OCH3 is 1. The Morgan fingerprint density at radius 3 is 2.34 bits per heavy atom. The lowest BCUT2D eigenvalue weighted by atomic mass is 10.1. The van der Waals surface area contributed by atoms with Crippen LogP contribution in [0.25, 0.3) is 6.08 Å². The number of carbonyl (C=O) groups excluding carboxylic acids is 2. The third-order valence-electron chi connectivity index (χ3n) is 4.51. The van der Waals surface area contributed by atoms with Crippen LogP contribution in [-0.4, -0.2) is 38.7 Å². The van der Waals surface area contributed by atoms with Crippen LogP contribution in [0.15, 0.2) is 54.1 Å². The number of nitriles is 1. The third kappa shape index (κ3) is 8.62. The summed E-state index contributed by atoms with van der Waals surface area (Å²) >= 11 is 0. The second-order valence-electron chi connectivity index (χ2n) is 6.91. The highest BCUT2D eigenvalue weighted by molar-refractivity contribution is 6.01. The standard InChI is InChI=1S/C25H28N2O5/c1-3-19-6-10-22(11-7-19)31-15-4-5-24(28)32-23-12-8-20(9-13-23)17-21(18-26)25(29)27-14-16-30-2/h6-13,17H,3-5,14-16H2,1-2H3,(H,27,29)/b21-17+. The van der Waals surface area contributed by atoms with Gasteiger partial charge in [0.1, 0.15) is 23.1 Å². The molecule has 1 amide bonds. The maximum atomic E-state index is 12.0. The molecule has 7 heteroatoms. The molecule has 0 radical (unpaired) electrons. The van der Waals surface area contributed by atoms with Gasteiger partial charge in [-0.15, -0.1) is 0 Å². The van der Waals surface area contributed by atoms with E-state index in [2.05, 4.69) is 12.2 Å². The minimum absolute atomic E-state index is 0.0184. The summed E-state index contributed by atoms with van der Waals surface area (Å²) in [5.74, 6) is 0.353. The molecule has 0 saturated carbocycles. The minimum Gasteiger partial charge on any atom is -0.494 e. The van der Waals surface area contributed by atoms with Crippen LogP contribution in [0, 0.1) is 11.3 Å². The normalized spacial score (nSPS) is 10.8. The SMILES string of the molecule is CCc1ccc(OCCCC(=O)Oc2ccc(/C=C(\C#N)C(=O)NCCOC)cc2)cc1. The number of benzene rings is 2. The Labute approximate surface area is 188 Å². The number of nitrogens with zero attached hydrogens (tertiary/aromatic N) is 1. The van der Waals surface area contributed by atoms with Gasteiger partial charge in [0.15, 0.2) is 0 Å². The molecule has 0 aliphatic carbocycles. The van der Waals surface area contributed by atoms with Crippen LogP contribution in [-0.2, 0) is 20.7 Å². The maximum Gasteiger partial charge on any atom is 0.311 e. The maximum absolute atomic E-state index is 12.0. The van der Waals surface area contributed by atoms with Crippen molar-refractivity contribution in [3.8, 4) is 17.6 Å². The molecule has 0 unspecified atom stereocenters. The van der Waals surface area contributed by atoms with Gasteiger partial charge >= 0.3 is 5.97 Å². The Morgan fingerprint density at radius 1 is 1.03 bits per heavy atom. The number of amides is 1. The fourth-order valence-corrected chi connectivity index (χ4v) is 2.72. The second-order valence-corrected chi connectivity index (χ2v) is 6.91. The first-order valence-electron chi connectivity index (χ1n) is 10.5. The van der Waals surface area contributed by atoms with Crippen molar-refractivity contribution >= 4 is 18.0 Å². The molecule has 0 saturated heterocycles. The molecular weight excluding hydrogens is 408 g/mol. The number of hydrogen-bond acceptors (Lipinski definition) is 6. The van der Waals surface area contributed by atoms with Crippen molar-refractivity contribution in [2.75, 3.05) is 26.9 Å². The van der Waals surface area contributed by atoms with Crippen LogP contribution in [0.3, 0.4) is 0 Å². The van der Waals surface area contributed by atoms with Crippen LogP contribution >= 0.6 is 0 Å². The summed E-state index contributed by atoms with van der Waals surface area (Å²) in [6.07, 6.45) is 3.22. The molecule has 2 aromatic carbocycles. The summed E-state index contributed by atoms with van der Waals surface area (Å²) in [5, 5.41) is 11.8. The van der Waals surface area contributed by atoms with Crippen molar-refractivity contribution < 1.29 is 23.8 Å². The van der Waals surface area contributed by atoms with E-state index in [1.165, 1.54) is 18.7 Å². The zero-order chi connectivity index (χ0) is 23.2. The largest absolute Gasteiger partial charge is 0.494 e. The highest BCUT2D eigenvalue weighted by atomic mass is 16.5. The van der Waals surface area contributed by atoms with E-state index in [0.29, 0.717) is 37.5 Å². The highest BCUT2D eigenvalue weighted by Crippen LogP contribution is 2.16. The number of carbonyl (C=O) groups is 2. The Balaban J connectivity index is 1.77. The number of ether oxygens (including phenoxy) is 3. The Morgan fingerprint density at radius 2 is 1.72 bits per heavy atom. The van der Waals surface area contributed by atoms with Crippen LogP contribution in [0.2, 0.25) is 0 Å². The molecule has 0 aromatic heterocycles. The summed E-state index contributed by atoms with van der Waals surface area (Å²) in [6, 6.07) is 16.4. The monoisotopic (exact) mass is 436 g/mol. The Bertz CT molecular complexity index is 944. The molecule has 0 atom stereocenters. The van der Waals surface area contributed by atoms with Crippen LogP contribution in [0.5, 0.6) is 11.5 Å². The van der Waals surface area contributed by atoms with E-state index in [-0.39, 0.29) is 18.0 Å². The lowest BCUT2D eigenvalue weighted by molar-refractivity contribution is -0.134. The lowest BCUT2D eigenvalue weighted by Crippen LogP contribution is -2.27. The van der Waals surface area contributed by atoms with E-state index in [1.54, 1.807) is 24.3 Å². The zero-order valence-corrected chi connectivity index (χ0v) is 18.4. The lowest BCUT2D eigenvalue weighted by Gasteiger charge is -2.07. The van der Waals surface area contributed by atoms with Crippen molar-refractivity contribution in [1.29, 1.82) is 5.26 Å². The molecule has 1 N–H and O–H groups in total. The van der Waals surface area contributed by atoms with Gasteiger partial charge in [0.05, 0.1) is 13.2 Å². The molecular formula is C25H28N2O5. The van der Waals surface area contributed by atoms with Crippen LogP contribution in [0.4, 0.5) is 0 Å². The van der Waals surface area contributed by atoms with Crippen molar-refractivity contribution in [3.05, 3.63) is 65.2 Å². The average Bonchev–Trinajstić information content (AvgIpc) is 2.81. The summed E-state index contributed by atoms with van der Waals surface area (Å²) in [7, 11) is 1.53. The van der Waals surface area contributed by atoms with Gasteiger partial charge in [-0.2, -0.15) is 5.26 Å². The zero-order valence-electron chi connectivity index (χ0n) is 18.4. The van der Waals surface area contributed by atoms with Gasteiger partial charge in [-0.05, 0) is 54.3 Å². The summed E-state index contributed by atoms with van der Waals surface area (Å²) in [5.41, 5.74) is 1.87. The summed E-state index contributed by atoms with van der Waals surface area (Å²) < 4.78 is 15.8. The Kier molecular flexibility index (Phi) is 10.5. The van der Waals surface area contributed by atoms with E-state index in [0.717, 1.165) is 12.2 Å². The van der Waals surface area contributed by atoms with Crippen LogP contribution in [0.1, 0.15) is 30.9 Å². The van der Waals surface area contributed by atoms with Gasteiger partial charge in [0, 0.05) is 20.1 Å². The first-order valence-corrected chi connectivity index (χ1v) is 10.5. The van der Waals surface area contributed by atoms with E-state index >= 15 is 0 Å². The second kappa shape index (κ2) is 13.6. The van der Waals surface area contributed by atoms with Crippen molar-refractivity contribution in [2.24, 2.45) is 0 Å². The minimum atomic E-state index is -0.469. The van der Waals surface area contributed by atoms with E-state index in [4.69, 9.17) is 14.2 Å². The van der Waals surface area contributed by atoms with Gasteiger partial charge in [-0.1, -0.05) is 31.2 Å². The summed E-state index contributed by atoms with van der Waals surface area (Å²) in [6.45, 7) is 3.20. The van der Waals surface area contributed by atoms with E-state index < -0.39 is 5.91 Å². The highest BCUT2D eigenvalue weighted by Gasteiger charge is 2.09. The van der Waals surface area contributed by atoms with Crippen LogP contribution < -0.4 is 14.8 Å². The fraction of sp³-hybridized carbons (Fsp3) is 0.320. The van der Waals surface area contributed by atoms with Crippen molar-refractivity contribution in [3.63, 3.8) is 0 Å². The molecule has 0 aliphatic heterocycles. The molecule has 0 fully saturated rings. The van der Waals surface area contributed by atoms with Gasteiger partial charge in [-0.25, -0.2) is 0 Å². The van der Waals surface area contributed by atoms with E-state index in [9.17, 15) is 14.9 Å². The van der Waals surface area contributed by atoms with E-state index in [1.807, 2.05) is 30.3 Å². The number of hydrogen-bond donors (Lipinski definition) is 1.